The van der Waals surface area contributed by atoms with E-state index in [4.69, 9.17) is 33.0 Å². The molecule has 1 heterocycles. The average molecular weight is 598 g/mol. The molecule has 2 N–H and O–H groups in total. The maximum absolute atomic E-state index is 12.7. The molecule has 1 amide bonds. The quantitative estimate of drug-likeness (QED) is 0.134. The van der Waals surface area contributed by atoms with Gasteiger partial charge in [-0.25, -0.2) is 10.2 Å². The zero-order valence-electron chi connectivity index (χ0n) is 22.4. The highest BCUT2D eigenvalue weighted by molar-refractivity contribution is 6.37. The van der Waals surface area contributed by atoms with E-state index in [1.807, 2.05) is 37.3 Å². The van der Waals surface area contributed by atoms with Gasteiger partial charge in [0.05, 0.1) is 27.5 Å². The Morgan fingerprint density at radius 2 is 1.52 bits per heavy atom. The lowest BCUT2D eigenvalue weighted by Crippen LogP contribution is -2.17. The zero-order valence-corrected chi connectivity index (χ0v) is 23.9. The van der Waals surface area contributed by atoms with Crippen LogP contribution in [0, 0.1) is 6.92 Å². The predicted molar refractivity (Wildman–Crippen MR) is 165 cm³/mol. The molecule has 5 rings (SSSR count). The number of nitrogens with zero attached hydrogens (tertiary/aromatic N) is 2. The van der Waals surface area contributed by atoms with Crippen molar-refractivity contribution in [1.82, 2.24) is 9.99 Å². The van der Waals surface area contributed by atoms with Crippen LogP contribution in [-0.4, -0.2) is 27.8 Å². The van der Waals surface area contributed by atoms with Crippen molar-refractivity contribution in [2.45, 2.75) is 13.5 Å². The van der Waals surface area contributed by atoms with Crippen LogP contribution in [0.5, 0.6) is 5.75 Å². The summed E-state index contributed by atoms with van der Waals surface area (Å²) in [5, 5.41) is 13.6. The number of rotatable bonds is 9. The molecule has 0 spiro atoms. The molecule has 5 aromatic rings. The van der Waals surface area contributed by atoms with E-state index in [-0.39, 0.29) is 33.9 Å². The molecule has 4 aromatic carbocycles. The second kappa shape index (κ2) is 12.8. The minimum absolute atomic E-state index is 0.152. The SMILES string of the molecule is Cc1ccc(-c2ccccc2)n1-c1ccc(C(=O)N/N=C/c2cc(Cl)c(OCc3ccc(C(=O)O)cc3)c(Cl)c2)cc1. The van der Waals surface area contributed by atoms with Gasteiger partial charge in [-0.1, -0.05) is 65.7 Å². The van der Waals surface area contributed by atoms with E-state index in [2.05, 4.69) is 39.4 Å². The van der Waals surface area contributed by atoms with E-state index in [1.54, 1.807) is 36.4 Å². The maximum atomic E-state index is 12.7. The first-order valence-corrected chi connectivity index (χ1v) is 13.7. The predicted octanol–water partition coefficient (Wildman–Crippen LogP) is 7.80. The molecule has 0 unspecified atom stereocenters. The first kappa shape index (κ1) is 28.7. The molecule has 210 valence electrons. The summed E-state index contributed by atoms with van der Waals surface area (Å²) in [7, 11) is 0. The van der Waals surface area contributed by atoms with Gasteiger partial charge in [-0.15, -0.1) is 0 Å². The lowest BCUT2D eigenvalue weighted by molar-refractivity contribution is 0.0696. The number of hydrazone groups is 1. The number of hydrogen-bond donors (Lipinski definition) is 2. The number of carboxylic acids is 1. The van der Waals surface area contributed by atoms with Crippen LogP contribution >= 0.6 is 23.2 Å². The van der Waals surface area contributed by atoms with Gasteiger partial charge in [0.15, 0.2) is 5.75 Å². The number of hydrogen-bond acceptors (Lipinski definition) is 4. The number of amides is 1. The van der Waals surface area contributed by atoms with E-state index >= 15 is 0 Å². The number of carbonyl (C=O) groups excluding carboxylic acids is 1. The summed E-state index contributed by atoms with van der Waals surface area (Å²) in [6.45, 7) is 2.19. The summed E-state index contributed by atoms with van der Waals surface area (Å²) in [4.78, 5) is 23.7. The van der Waals surface area contributed by atoms with Gasteiger partial charge >= 0.3 is 5.97 Å². The summed E-state index contributed by atoms with van der Waals surface area (Å²) in [5.74, 6) is -1.08. The van der Waals surface area contributed by atoms with E-state index in [0.717, 1.165) is 28.2 Å². The van der Waals surface area contributed by atoms with E-state index in [0.29, 0.717) is 11.1 Å². The van der Waals surface area contributed by atoms with Crippen molar-refractivity contribution in [3.05, 3.63) is 141 Å². The minimum Gasteiger partial charge on any atom is -0.486 e. The fourth-order valence-electron chi connectivity index (χ4n) is 4.40. The van der Waals surface area contributed by atoms with Crippen molar-refractivity contribution < 1.29 is 19.4 Å². The number of halogens is 2. The third-order valence-electron chi connectivity index (χ3n) is 6.52. The Kier molecular flexibility index (Phi) is 8.71. The van der Waals surface area contributed by atoms with E-state index < -0.39 is 5.97 Å². The molecular formula is C33H25Cl2N3O4. The fourth-order valence-corrected chi connectivity index (χ4v) is 5.01. The Morgan fingerprint density at radius 1 is 0.881 bits per heavy atom. The third-order valence-corrected chi connectivity index (χ3v) is 7.08. The Bertz CT molecular complexity index is 1740. The van der Waals surface area contributed by atoms with Crippen molar-refractivity contribution in [2.24, 2.45) is 5.10 Å². The number of aryl methyl sites for hydroxylation is 1. The lowest BCUT2D eigenvalue weighted by Gasteiger charge is -2.13. The van der Waals surface area contributed by atoms with Gasteiger partial charge in [-0.2, -0.15) is 5.10 Å². The Labute approximate surface area is 252 Å². The second-order valence-corrected chi connectivity index (χ2v) is 10.2. The van der Waals surface area contributed by atoms with Crippen molar-refractivity contribution >= 4 is 41.3 Å². The highest BCUT2D eigenvalue weighted by atomic mass is 35.5. The van der Waals surface area contributed by atoms with Crippen molar-refractivity contribution in [3.8, 4) is 22.7 Å². The summed E-state index contributed by atoms with van der Waals surface area (Å²) >= 11 is 12.8. The molecule has 7 nitrogen and oxygen atoms in total. The van der Waals surface area contributed by atoms with Crippen LogP contribution in [0.4, 0.5) is 0 Å². The summed E-state index contributed by atoms with van der Waals surface area (Å²) < 4.78 is 7.90. The number of carboxylic acid groups (broad SMARTS) is 1. The van der Waals surface area contributed by atoms with Gasteiger partial charge in [0.2, 0.25) is 0 Å². The minimum atomic E-state index is -1.000. The average Bonchev–Trinajstić information content (AvgIpc) is 3.38. The van der Waals surface area contributed by atoms with Crippen molar-refractivity contribution in [1.29, 1.82) is 0 Å². The number of aromatic nitrogens is 1. The second-order valence-electron chi connectivity index (χ2n) is 9.41. The fraction of sp³-hybridized carbons (Fsp3) is 0.0606. The van der Waals surface area contributed by atoms with Gasteiger partial charge in [0.1, 0.15) is 6.61 Å². The van der Waals surface area contributed by atoms with Crippen LogP contribution in [0.25, 0.3) is 16.9 Å². The largest absolute Gasteiger partial charge is 0.486 e. The van der Waals surface area contributed by atoms with Crippen LogP contribution in [0.1, 0.15) is 37.5 Å². The first-order chi connectivity index (χ1) is 20.3. The molecule has 0 fully saturated rings. The molecule has 42 heavy (non-hydrogen) atoms. The third kappa shape index (κ3) is 6.54. The molecule has 0 aliphatic rings. The van der Waals surface area contributed by atoms with Crippen LogP contribution in [0.3, 0.4) is 0 Å². The number of aromatic carboxylic acids is 1. The first-order valence-electron chi connectivity index (χ1n) is 12.9. The summed E-state index contributed by atoms with van der Waals surface area (Å²) in [5.41, 5.74) is 8.69. The molecule has 0 aliphatic heterocycles. The molecule has 0 atom stereocenters. The van der Waals surface area contributed by atoms with Crippen LogP contribution in [-0.2, 0) is 6.61 Å². The molecule has 0 radical (unpaired) electrons. The maximum Gasteiger partial charge on any atom is 0.335 e. The summed E-state index contributed by atoms with van der Waals surface area (Å²) in [6.07, 6.45) is 1.44. The highest BCUT2D eigenvalue weighted by Crippen LogP contribution is 2.34. The van der Waals surface area contributed by atoms with Crippen LogP contribution in [0.15, 0.2) is 108 Å². The van der Waals surface area contributed by atoms with Crippen LogP contribution in [0.2, 0.25) is 10.0 Å². The normalized spacial score (nSPS) is 11.0. The number of nitrogens with one attached hydrogen (secondary N) is 1. The van der Waals surface area contributed by atoms with Gasteiger partial charge in [0, 0.05) is 16.9 Å². The van der Waals surface area contributed by atoms with Crippen molar-refractivity contribution in [2.75, 3.05) is 0 Å². The van der Waals surface area contributed by atoms with Gasteiger partial charge < -0.3 is 14.4 Å². The number of benzene rings is 4. The number of ether oxygens (including phenoxy) is 1. The molecule has 0 saturated heterocycles. The molecule has 1 aromatic heterocycles. The lowest BCUT2D eigenvalue weighted by atomic mass is 10.1. The molecule has 9 heteroatoms. The van der Waals surface area contributed by atoms with Gasteiger partial charge in [-0.3, -0.25) is 4.79 Å². The Hall–Kier alpha value is -4.85. The Morgan fingerprint density at radius 3 is 2.17 bits per heavy atom. The molecule has 0 aliphatic carbocycles. The van der Waals surface area contributed by atoms with E-state index in [9.17, 15) is 9.59 Å². The number of carbonyl (C=O) groups is 2. The molecule has 0 saturated carbocycles. The zero-order chi connectivity index (χ0) is 29.6. The smallest absolute Gasteiger partial charge is 0.335 e. The van der Waals surface area contributed by atoms with E-state index in [1.165, 1.54) is 18.3 Å². The molecule has 0 bridgehead atoms. The highest BCUT2D eigenvalue weighted by Gasteiger charge is 2.12. The molecular weight excluding hydrogens is 573 g/mol. The topological polar surface area (TPSA) is 92.9 Å². The Balaban J connectivity index is 1.21. The standard InChI is InChI=1S/C33H25Cl2N3O4/c1-21-7-16-30(24-5-3-2-4-6-24)38(21)27-14-12-25(13-15-27)32(39)37-36-19-23-17-28(34)31(29(35)18-23)42-20-22-8-10-26(11-9-22)33(40)41/h2-19H,20H2,1H3,(H,37,39)(H,40,41)/b36-19+. The monoisotopic (exact) mass is 597 g/mol. The summed E-state index contributed by atoms with van der Waals surface area (Å²) in [6, 6.07) is 31.1. The van der Waals surface area contributed by atoms with Crippen LogP contribution < -0.4 is 10.2 Å². The van der Waals surface area contributed by atoms with Gasteiger partial charge in [-0.05, 0) is 84.3 Å². The van der Waals surface area contributed by atoms with Crippen molar-refractivity contribution in [3.63, 3.8) is 0 Å². The van der Waals surface area contributed by atoms with Gasteiger partial charge in [0.25, 0.3) is 5.91 Å².